The van der Waals surface area contributed by atoms with Gasteiger partial charge in [-0.1, -0.05) is 0 Å². The molecule has 0 aromatic rings. The van der Waals surface area contributed by atoms with Crippen LogP contribution in [0.4, 0.5) is 4.79 Å². The van der Waals surface area contributed by atoms with Gasteiger partial charge in [0, 0.05) is 26.2 Å². The van der Waals surface area contributed by atoms with Gasteiger partial charge in [-0.15, -0.1) is 0 Å². The summed E-state index contributed by atoms with van der Waals surface area (Å²) in [5, 5.41) is 0. The SMILES string of the molecule is CCOC(=O)N1CCN(C(=O)[C@H](N)CCP(=O)(OCC)OCC)CC1. The van der Waals surface area contributed by atoms with E-state index >= 15 is 0 Å². The van der Waals surface area contributed by atoms with Crippen LogP contribution in [0.3, 0.4) is 0 Å². The van der Waals surface area contributed by atoms with E-state index in [0.717, 1.165) is 0 Å². The smallest absolute Gasteiger partial charge is 0.409 e. The number of piperazine rings is 1. The summed E-state index contributed by atoms with van der Waals surface area (Å²) in [7, 11) is -3.20. The molecule has 1 aliphatic heterocycles. The van der Waals surface area contributed by atoms with Crippen LogP contribution < -0.4 is 5.73 Å². The number of ether oxygens (including phenoxy) is 1. The zero-order valence-electron chi connectivity index (χ0n) is 15.3. The van der Waals surface area contributed by atoms with Gasteiger partial charge in [-0.25, -0.2) is 4.79 Å². The first-order valence-electron chi connectivity index (χ1n) is 8.71. The van der Waals surface area contributed by atoms with Crippen molar-refractivity contribution in [2.24, 2.45) is 5.73 Å². The molecule has 1 atom stereocenters. The normalized spacial score (nSPS) is 16.6. The molecule has 1 aliphatic rings. The minimum Gasteiger partial charge on any atom is -0.450 e. The Morgan fingerprint density at radius 1 is 1.00 bits per heavy atom. The molecule has 1 rings (SSSR count). The van der Waals surface area contributed by atoms with Crippen molar-refractivity contribution in [3.63, 3.8) is 0 Å². The number of hydrogen-bond donors (Lipinski definition) is 1. The number of hydrogen-bond acceptors (Lipinski definition) is 7. The van der Waals surface area contributed by atoms with Gasteiger partial charge in [0.15, 0.2) is 0 Å². The summed E-state index contributed by atoms with van der Waals surface area (Å²) in [5.74, 6) is -0.219. The molecule has 0 unspecified atom stereocenters. The molecule has 9 nitrogen and oxygen atoms in total. The van der Waals surface area contributed by atoms with Crippen LogP contribution in [-0.4, -0.2) is 80.0 Å². The van der Waals surface area contributed by atoms with Crippen molar-refractivity contribution in [2.45, 2.75) is 33.2 Å². The summed E-state index contributed by atoms with van der Waals surface area (Å²) in [6.07, 6.45) is -0.0493. The third-order valence-electron chi connectivity index (χ3n) is 3.80. The summed E-state index contributed by atoms with van der Waals surface area (Å²) >= 11 is 0. The Kier molecular flexibility index (Phi) is 9.42. The Morgan fingerprint density at radius 2 is 1.52 bits per heavy atom. The monoisotopic (exact) mass is 379 g/mol. The lowest BCUT2D eigenvalue weighted by molar-refractivity contribution is -0.134. The average Bonchev–Trinajstić information content (AvgIpc) is 2.60. The standard InChI is InChI=1S/C15H30N3O6P/c1-4-22-15(20)18-10-8-17(9-11-18)14(19)13(16)7-12-25(21,23-5-2)24-6-3/h13H,4-12,16H2,1-3H3/t13-/m1/s1. The number of carbonyl (C=O) groups excluding carboxylic acids is 2. The molecule has 0 aromatic carbocycles. The molecule has 1 heterocycles. The molecule has 10 heteroatoms. The Morgan fingerprint density at radius 3 is 2.00 bits per heavy atom. The quantitative estimate of drug-likeness (QED) is 0.601. The fourth-order valence-corrected chi connectivity index (χ4v) is 4.25. The largest absolute Gasteiger partial charge is 0.450 e. The fraction of sp³-hybridized carbons (Fsp3) is 0.867. The van der Waals surface area contributed by atoms with Crippen LogP contribution in [0, 0.1) is 0 Å². The summed E-state index contributed by atoms with van der Waals surface area (Å²) in [5.41, 5.74) is 5.96. The molecule has 0 bridgehead atoms. The molecule has 0 radical (unpaired) electrons. The van der Waals surface area contributed by atoms with Crippen molar-refractivity contribution in [1.82, 2.24) is 9.80 Å². The highest BCUT2D eigenvalue weighted by molar-refractivity contribution is 7.53. The third-order valence-corrected chi connectivity index (χ3v) is 5.91. The molecule has 0 aromatic heterocycles. The second kappa shape index (κ2) is 10.8. The maximum atomic E-state index is 12.4. The Bertz CT molecular complexity index is 472. The van der Waals surface area contributed by atoms with Crippen LogP contribution in [0.5, 0.6) is 0 Å². The van der Waals surface area contributed by atoms with E-state index < -0.39 is 13.6 Å². The maximum Gasteiger partial charge on any atom is 0.409 e. The number of carbonyl (C=O) groups is 2. The Hall–Kier alpha value is -1.15. The predicted molar refractivity (Wildman–Crippen MR) is 93.5 cm³/mol. The van der Waals surface area contributed by atoms with Crippen LogP contribution >= 0.6 is 7.60 Å². The van der Waals surface area contributed by atoms with Gasteiger partial charge >= 0.3 is 13.7 Å². The second-order valence-corrected chi connectivity index (χ2v) is 7.76. The molecule has 1 fully saturated rings. The molecular formula is C15H30N3O6P. The van der Waals surface area contributed by atoms with E-state index in [2.05, 4.69) is 0 Å². The summed E-state index contributed by atoms with van der Waals surface area (Å²) in [4.78, 5) is 27.3. The van der Waals surface area contributed by atoms with Crippen LogP contribution in [0.25, 0.3) is 0 Å². The van der Waals surface area contributed by atoms with Crippen LogP contribution in [-0.2, 0) is 23.1 Å². The molecule has 146 valence electrons. The van der Waals surface area contributed by atoms with Crippen LogP contribution in [0.15, 0.2) is 0 Å². The van der Waals surface area contributed by atoms with E-state index in [-0.39, 0.29) is 37.8 Å². The first-order chi connectivity index (χ1) is 11.9. The molecular weight excluding hydrogens is 349 g/mol. The van der Waals surface area contributed by atoms with E-state index in [1.165, 1.54) is 0 Å². The van der Waals surface area contributed by atoms with Gasteiger partial charge in [0.25, 0.3) is 0 Å². The van der Waals surface area contributed by atoms with Crippen molar-refractivity contribution < 1.29 is 27.9 Å². The lowest BCUT2D eigenvalue weighted by Crippen LogP contribution is -2.54. The molecule has 2 N–H and O–H groups in total. The van der Waals surface area contributed by atoms with Crippen molar-refractivity contribution in [3.8, 4) is 0 Å². The molecule has 1 saturated heterocycles. The minimum atomic E-state index is -3.20. The van der Waals surface area contributed by atoms with Gasteiger partial charge in [-0.3, -0.25) is 9.36 Å². The van der Waals surface area contributed by atoms with Crippen molar-refractivity contribution in [1.29, 1.82) is 0 Å². The average molecular weight is 379 g/mol. The summed E-state index contributed by atoms with van der Waals surface area (Å²) in [6.45, 7) is 7.72. The van der Waals surface area contributed by atoms with Crippen LogP contribution in [0.2, 0.25) is 0 Å². The van der Waals surface area contributed by atoms with Gasteiger partial charge < -0.3 is 29.3 Å². The van der Waals surface area contributed by atoms with E-state index in [9.17, 15) is 14.2 Å². The minimum absolute atomic E-state index is 0.102. The molecule has 0 saturated carbocycles. The van der Waals surface area contributed by atoms with Crippen molar-refractivity contribution in [2.75, 3.05) is 52.2 Å². The zero-order chi connectivity index (χ0) is 18.9. The first kappa shape index (κ1) is 21.9. The number of amides is 2. The van der Waals surface area contributed by atoms with E-state index in [4.69, 9.17) is 19.5 Å². The number of nitrogens with two attached hydrogens (primary N) is 1. The highest BCUT2D eigenvalue weighted by Crippen LogP contribution is 2.48. The summed E-state index contributed by atoms with van der Waals surface area (Å²) in [6, 6.07) is -0.775. The summed E-state index contributed by atoms with van der Waals surface area (Å²) < 4.78 is 27.8. The van der Waals surface area contributed by atoms with Gasteiger partial charge in [-0.2, -0.15) is 0 Å². The number of nitrogens with zero attached hydrogens (tertiary/aromatic N) is 2. The predicted octanol–water partition coefficient (Wildman–Crippen LogP) is 1.27. The Balaban J connectivity index is 2.46. The van der Waals surface area contributed by atoms with E-state index in [0.29, 0.717) is 32.8 Å². The Labute approximate surface area is 149 Å². The lowest BCUT2D eigenvalue weighted by atomic mass is 10.2. The fourth-order valence-electron chi connectivity index (χ4n) is 2.54. The number of rotatable bonds is 9. The van der Waals surface area contributed by atoms with E-state index in [1.54, 1.807) is 30.6 Å². The molecule has 25 heavy (non-hydrogen) atoms. The van der Waals surface area contributed by atoms with Crippen LogP contribution in [0.1, 0.15) is 27.2 Å². The topological polar surface area (TPSA) is 111 Å². The van der Waals surface area contributed by atoms with Crippen molar-refractivity contribution in [3.05, 3.63) is 0 Å². The highest BCUT2D eigenvalue weighted by atomic mass is 31.2. The van der Waals surface area contributed by atoms with Crippen molar-refractivity contribution >= 4 is 19.6 Å². The lowest BCUT2D eigenvalue weighted by Gasteiger charge is -2.35. The second-order valence-electron chi connectivity index (χ2n) is 5.58. The molecule has 2 amide bonds. The first-order valence-corrected chi connectivity index (χ1v) is 10.4. The van der Waals surface area contributed by atoms with Gasteiger partial charge in [0.1, 0.15) is 0 Å². The zero-order valence-corrected chi connectivity index (χ0v) is 16.2. The molecule has 0 aliphatic carbocycles. The van der Waals surface area contributed by atoms with Gasteiger partial charge in [-0.05, 0) is 27.2 Å². The van der Waals surface area contributed by atoms with Gasteiger partial charge in [0.05, 0.1) is 32.0 Å². The highest BCUT2D eigenvalue weighted by Gasteiger charge is 2.30. The van der Waals surface area contributed by atoms with E-state index in [1.807, 2.05) is 0 Å². The van der Waals surface area contributed by atoms with Gasteiger partial charge in [0.2, 0.25) is 5.91 Å². The molecule has 0 spiro atoms. The maximum absolute atomic E-state index is 12.4. The third kappa shape index (κ3) is 6.93.